The van der Waals surface area contributed by atoms with Crippen molar-refractivity contribution in [3.63, 3.8) is 0 Å². The monoisotopic (exact) mass is 328 g/mol. The highest BCUT2D eigenvalue weighted by Crippen LogP contribution is 2.28. The van der Waals surface area contributed by atoms with Crippen LogP contribution in [0.5, 0.6) is 0 Å². The molecular formula is C12H6Cl2N2O3S. The number of methoxy groups -OCH3 is 1. The predicted octanol–water partition coefficient (Wildman–Crippen LogP) is 1.89. The van der Waals surface area contributed by atoms with Gasteiger partial charge < -0.3 is 4.74 Å². The molecule has 102 valence electrons. The minimum atomic E-state index is -0.586. The van der Waals surface area contributed by atoms with Crippen molar-refractivity contribution in [1.82, 2.24) is 9.38 Å². The first-order chi connectivity index (χ1) is 9.51. The van der Waals surface area contributed by atoms with E-state index in [2.05, 4.69) is 9.72 Å². The number of nitrogens with zero attached hydrogens (tertiary/aromatic N) is 2. The lowest BCUT2D eigenvalue weighted by Crippen LogP contribution is -2.24. The van der Waals surface area contributed by atoms with E-state index in [1.54, 1.807) is 12.1 Å². The van der Waals surface area contributed by atoms with Crippen LogP contribution < -0.4 is 10.1 Å². The Balaban J connectivity index is 2.40. The third kappa shape index (κ3) is 1.96. The predicted molar refractivity (Wildman–Crippen MR) is 78.6 cm³/mol. The van der Waals surface area contributed by atoms with E-state index in [9.17, 15) is 9.59 Å². The van der Waals surface area contributed by atoms with Crippen molar-refractivity contribution >= 4 is 62.6 Å². The molecule has 0 amide bonds. The first-order valence-electron chi connectivity index (χ1n) is 5.41. The molecule has 20 heavy (non-hydrogen) atoms. The van der Waals surface area contributed by atoms with Gasteiger partial charge in [0, 0.05) is 6.08 Å². The minimum absolute atomic E-state index is 0.257. The first kappa shape index (κ1) is 13.4. The fraction of sp³-hybridized carbons (Fsp3) is 0.0833. The second kappa shape index (κ2) is 4.73. The van der Waals surface area contributed by atoms with Crippen LogP contribution in [0.25, 0.3) is 22.1 Å². The largest absolute Gasteiger partial charge is 0.466 e. The molecular weight excluding hydrogens is 323 g/mol. The summed E-state index contributed by atoms with van der Waals surface area (Å²) in [4.78, 5) is 28.3. The van der Waals surface area contributed by atoms with E-state index in [4.69, 9.17) is 23.2 Å². The van der Waals surface area contributed by atoms with E-state index in [1.807, 2.05) is 0 Å². The van der Waals surface area contributed by atoms with Crippen LogP contribution in [-0.4, -0.2) is 22.5 Å². The molecule has 8 heteroatoms. The summed E-state index contributed by atoms with van der Waals surface area (Å²) in [6.07, 6.45) is 1.14. The average Bonchev–Trinajstić information content (AvgIpc) is 2.88. The Hall–Kier alpha value is -1.63. The van der Waals surface area contributed by atoms with Crippen molar-refractivity contribution in [3.05, 3.63) is 37.1 Å². The molecule has 0 N–H and O–H groups in total. The van der Waals surface area contributed by atoms with Crippen molar-refractivity contribution in [1.29, 1.82) is 0 Å². The summed E-state index contributed by atoms with van der Waals surface area (Å²) in [7, 11) is 1.25. The van der Waals surface area contributed by atoms with E-state index < -0.39 is 5.97 Å². The fourth-order valence-corrected chi connectivity index (χ4v) is 3.09. The summed E-state index contributed by atoms with van der Waals surface area (Å²) in [5.74, 6) is -0.586. The Morgan fingerprint density at radius 2 is 2.10 bits per heavy atom. The first-order valence-corrected chi connectivity index (χ1v) is 6.98. The van der Waals surface area contributed by atoms with Crippen LogP contribution in [0, 0.1) is 0 Å². The normalized spacial score (nSPS) is 12.4. The molecule has 2 heterocycles. The molecule has 0 atom stereocenters. The summed E-state index contributed by atoms with van der Waals surface area (Å²) >= 11 is 13.0. The van der Waals surface area contributed by atoms with Crippen molar-refractivity contribution in [2.24, 2.45) is 0 Å². The Labute approximate surface area is 126 Å². The summed E-state index contributed by atoms with van der Waals surface area (Å²) in [5, 5.41) is 0.712. The third-order valence-electron chi connectivity index (χ3n) is 2.73. The van der Waals surface area contributed by atoms with Crippen LogP contribution in [-0.2, 0) is 9.53 Å². The topological polar surface area (TPSA) is 60.7 Å². The number of thiazole rings is 1. The molecule has 0 saturated heterocycles. The molecule has 0 bridgehead atoms. The molecule has 0 aliphatic carbocycles. The van der Waals surface area contributed by atoms with Gasteiger partial charge in [0.25, 0.3) is 5.56 Å². The second-order valence-corrected chi connectivity index (χ2v) is 5.75. The van der Waals surface area contributed by atoms with E-state index >= 15 is 0 Å². The molecule has 2 aromatic heterocycles. The Bertz CT molecular complexity index is 961. The van der Waals surface area contributed by atoms with Crippen molar-refractivity contribution < 1.29 is 9.53 Å². The fourth-order valence-electron chi connectivity index (χ4n) is 1.82. The molecule has 0 unspecified atom stereocenters. The van der Waals surface area contributed by atoms with Crippen LogP contribution in [0.4, 0.5) is 0 Å². The van der Waals surface area contributed by atoms with Crippen LogP contribution in [0.1, 0.15) is 0 Å². The smallest absolute Gasteiger partial charge is 0.332 e. The Morgan fingerprint density at radius 1 is 1.40 bits per heavy atom. The number of benzene rings is 1. The van der Waals surface area contributed by atoms with Crippen molar-refractivity contribution in [2.45, 2.75) is 0 Å². The molecule has 0 aliphatic heterocycles. The SMILES string of the molecule is COC(=O)/C=c1\sc2nc3cc(Cl)c(Cl)cc3n2c1=O. The van der Waals surface area contributed by atoms with Crippen molar-refractivity contribution in [3.8, 4) is 0 Å². The van der Waals surface area contributed by atoms with E-state index in [-0.39, 0.29) is 10.1 Å². The van der Waals surface area contributed by atoms with Crippen LogP contribution in [0.2, 0.25) is 10.0 Å². The maximum absolute atomic E-state index is 12.3. The number of hydrogen-bond acceptors (Lipinski definition) is 5. The Kier molecular flexibility index (Phi) is 3.16. The third-order valence-corrected chi connectivity index (χ3v) is 4.42. The standard InChI is InChI=1S/C12H6Cl2N2O3S/c1-19-10(17)4-9-11(18)16-8-3-6(14)5(13)2-7(8)15-12(16)20-9/h2-4H,1H3/b9-4-. The van der Waals surface area contributed by atoms with Gasteiger partial charge in [0.05, 0.1) is 28.2 Å². The quantitative estimate of drug-likeness (QED) is 0.640. The molecule has 0 fully saturated rings. The van der Waals surface area contributed by atoms with Gasteiger partial charge in [-0.25, -0.2) is 14.2 Å². The Morgan fingerprint density at radius 3 is 2.80 bits per heavy atom. The molecule has 5 nitrogen and oxygen atoms in total. The molecule has 0 radical (unpaired) electrons. The number of esters is 1. The molecule has 0 aliphatic rings. The summed E-state index contributed by atoms with van der Waals surface area (Å²) in [5.41, 5.74) is 0.795. The van der Waals surface area contributed by atoms with Gasteiger partial charge in [-0.1, -0.05) is 34.5 Å². The number of halogens is 2. The van der Waals surface area contributed by atoms with E-state index in [0.29, 0.717) is 26.0 Å². The lowest BCUT2D eigenvalue weighted by Gasteiger charge is -1.94. The minimum Gasteiger partial charge on any atom is -0.466 e. The highest BCUT2D eigenvalue weighted by Gasteiger charge is 2.13. The van der Waals surface area contributed by atoms with Crippen LogP contribution in [0.3, 0.4) is 0 Å². The number of carbonyl (C=O) groups is 1. The molecule has 1 aromatic carbocycles. The molecule has 3 aromatic rings. The number of carbonyl (C=O) groups excluding carboxylic acids is 1. The van der Waals surface area contributed by atoms with Crippen LogP contribution in [0.15, 0.2) is 16.9 Å². The van der Waals surface area contributed by atoms with Gasteiger partial charge in [-0.2, -0.15) is 0 Å². The van der Waals surface area contributed by atoms with E-state index in [0.717, 1.165) is 17.4 Å². The van der Waals surface area contributed by atoms with Gasteiger partial charge in [0.1, 0.15) is 4.53 Å². The molecule has 3 rings (SSSR count). The van der Waals surface area contributed by atoms with Gasteiger partial charge in [-0.05, 0) is 12.1 Å². The van der Waals surface area contributed by atoms with Gasteiger partial charge >= 0.3 is 5.97 Å². The van der Waals surface area contributed by atoms with Gasteiger partial charge in [0.2, 0.25) is 0 Å². The highest BCUT2D eigenvalue weighted by atomic mass is 35.5. The van der Waals surface area contributed by atoms with Crippen molar-refractivity contribution in [2.75, 3.05) is 7.11 Å². The number of ether oxygens (including phenoxy) is 1. The lowest BCUT2D eigenvalue weighted by atomic mass is 10.3. The second-order valence-electron chi connectivity index (χ2n) is 3.92. The summed E-state index contributed by atoms with van der Waals surface area (Å²) in [6, 6.07) is 3.18. The van der Waals surface area contributed by atoms with Gasteiger partial charge in [-0.15, -0.1) is 0 Å². The zero-order chi connectivity index (χ0) is 14.4. The van der Waals surface area contributed by atoms with E-state index in [1.165, 1.54) is 11.5 Å². The molecule has 0 saturated carbocycles. The lowest BCUT2D eigenvalue weighted by molar-refractivity contribution is -0.133. The number of rotatable bonds is 1. The number of imidazole rings is 1. The van der Waals surface area contributed by atoms with Gasteiger partial charge in [0.15, 0.2) is 4.96 Å². The maximum Gasteiger partial charge on any atom is 0.332 e. The maximum atomic E-state index is 12.3. The summed E-state index contributed by atoms with van der Waals surface area (Å²) in [6.45, 7) is 0. The van der Waals surface area contributed by atoms with Crippen LogP contribution >= 0.6 is 34.5 Å². The zero-order valence-corrected chi connectivity index (χ0v) is 12.3. The number of aromatic nitrogens is 2. The summed E-state index contributed by atoms with van der Waals surface area (Å²) < 4.78 is 6.17. The zero-order valence-electron chi connectivity index (χ0n) is 10.0. The molecule has 0 spiro atoms. The number of fused-ring (bicyclic) bond motifs is 3. The van der Waals surface area contributed by atoms with Gasteiger partial charge in [-0.3, -0.25) is 4.79 Å². The average molecular weight is 329 g/mol. The number of hydrogen-bond donors (Lipinski definition) is 0. The highest BCUT2D eigenvalue weighted by molar-refractivity contribution is 7.15.